The van der Waals surface area contributed by atoms with Crippen molar-refractivity contribution in [2.24, 2.45) is 5.10 Å². The first-order valence-corrected chi connectivity index (χ1v) is 8.95. The second-order valence-corrected chi connectivity index (χ2v) is 6.61. The highest BCUT2D eigenvalue weighted by Crippen LogP contribution is 2.35. The van der Waals surface area contributed by atoms with E-state index in [2.05, 4.69) is 15.4 Å². The van der Waals surface area contributed by atoms with E-state index in [1.165, 1.54) is 12.1 Å². The number of hydrazone groups is 1. The molecule has 2 aromatic rings. The Kier molecular flexibility index (Phi) is 6.00. The van der Waals surface area contributed by atoms with Gasteiger partial charge in [0.25, 0.3) is 5.69 Å². The Balaban J connectivity index is 1.75. The van der Waals surface area contributed by atoms with E-state index in [1.54, 1.807) is 6.07 Å². The summed E-state index contributed by atoms with van der Waals surface area (Å²) in [6, 6.07) is 6.73. The van der Waals surface area contributed by atoms with Crippen LogP contribution in [0, 0.1) is 15.9 Å². The van der Waals surface area contributed by atoms with Gasteiger partial charge >= 0.3 is 6.18 Å². The molecule has 1 N–H and O–H groups in total. The molecule has 10 heteroatoms. The Hall–Kier alpha value is -3.17. The molecule has 3 rings (SSSR count). The van der Waals surface area contributed by atoms with E-state index in [0.717, 1.165) is 50.3 Å². The zero-order valence-corrected chi connectivity index (χ0v) is 15.2. The lowest BCUT2D eigenvalue weighted by molar-refractivity contribution is -0.384. The van der Waals surface area contributed by atoms with Crippen molar-refractivity contribution in [3.8, 4) is 0 Å². The molecule has 0 spiro atoms. The summed E-state index contributed by atoms with van der Waals surface area (Å²) in [4.78, 5) is 12.2. The largest absolute Gasteiger partial charge is 0.416 e. The van der Waals surface area contributed by atoms with Crippen LogP contribution in [0.4, 0.5) is 34.6 Å². The number of hydrogen-bond donors (Lipinski definition) is 1. The van der Waals surface area contributed by atoms with Crippen LogP contribution in [0.1, 0.15) is 30.4 Å². The smallest absolute Gasteiger partial charge is 0.371 e. The lowest BCUT2D eigenvalue weighted by atomic mass is 10.1. The first kappa shape index (κ1) is 20.6. The number of rotatable bonds is 5. The fourth-order valence-corrected chi connectivity index (χ4v) is 3.09. The van der Waals surface area contributed by atoms with Gasteiger partial charge in [-0.25, -0.2) is 4.39 Å². The number of benzene rings is 2. The van der Waals surface area contributed by atoms with E-state index >= 15 is 0 Å². The lowest BCUT2D eigenvalue weighted by Crippen LogP contribution is -2.29. The van der Waals surface area contributed by atoms with Crippen molar-refractivity contribution in [3.05, 3.63) is 63.5 Å². The summed E-state index contributed by atoms with van der Waals surface area (Å²) in [7, 11) is 0. The Morgan fingerprint density at radius 3 is 2.45 bits per heavy atom. The average molecular weight is 410 g/mol. The topological polar surface area (TPSA) is 70.8 Å². The highest BCUT2D eigenvalue weighted by atomic mass is 19.4. The number of piperidine rings is 1. The molecule has 0 atom stereocenters. The quantitative estimate of drug-likeness (QED) is 0.319. The van der Waals surface area contributed by atoms with Crippen LogP contribution in [-0.2, 0) is 6.18 Å². The summed E-state index contributed by atoms with van der Waals surface area (Å²) in [6.45, 7) is 1.73. The van der Waals surface area contributed by atoms with Crippen molar-refractivity contribution in [2.75, 3.05) is 23.4 Å². The maximum absolute atomic E-state index is 14.3. The van der Waals surface area contributed by atoms with E-state index in [1.807, 2.05) is 0 Å². The molecule has 29 heavy (non-hydrogen) atoms. The molecule has 0 aliphatic carbocycles. The van der Waals surface area contributed by atoms with Gasteiger partial charge < -0.3 is 4.90 Å². The van der Waals surface area contributed by atoms with Crippen LogP contribution in [0.25, 0.3) is 0 Å². The van der Waals surface area contributed by atoms with Crippen molar-refractivity contribution in [2.45, 2.75) is 25.4 Å². The number of halogens is 4. The summed E-state index contributed by atoms with van der Waals surface area (Å²) in [6.07, 6.45) is -0.310. The summed E-state index contributed by atoms with van der Waals surface area (Å²) in [5.74, 6) is -0.513. The molecule has 6 nitrogen and oxygen atoms in total. The zero-order valence-electron chi connectivity index (χ0n) is 15.2. The van der Waals surface area contributed by atoms with Crippen LogP contribution >= 0.6 is 0 Å². The van der Waals surface area contributed by atoms with Gasteiger partial charge in [-0.3, -0.25) is 15.5 Å². The van der Waals surface area contributed by atoms with Crippen molar-refractivity contribution >= 4 is 23.3 Å². The van der Waals surface area contributed by atoms with Gasteiger partial charge in [0.15, 0.2) is 0 Å². The first-order chi connectivity index (χ1) is 13.8. The predicted octanol–water partition coefficient (Wildman–Crippen LogP) is 5.19. The Bertz CT molecular complexity index is 925. The highest BCUT2D eigenvalue weighted by molar-refractivity contribution is 5.81. The number of nitro benzene ring substituents is 1. The van der Waals surface area contributed by atoms with Gasteiger partial charge in [0.1, 0.15) is 11.5 Å². The Morgan fingerprint density at radius 2 is 1.83 bits per heavy atom. The van der Waals surface area contributed by atoms with Crippen LogP contribution in [0.5, 0.6) is 0 Å². The Morgan fingerprint density at radius 1 is 1.10 bits per heavy atom. The number of nitro groups is 1. The van der Waals surface area contributed by atoms with Gasteiger partial charge in [-0.1, -0.05) is 0 Å². The maximum Gasteiger partial charge on any atom is 0.416 e. The molecular formula is C19H18F4N4O2. The van der Waals surface area contributed by atoms with Crippen molar-refractivity contribution < 1.29 is 22.5 Å². The number of anilines is 2. The van der Waals surface area contributed by atoms with Crippen molar-refractivity contribution in [1.82, 2.24) is 0 Å². The minimum absolute atomic E-state index is 0.146. The number of alkyl halides is 3. The van der Waals surface area contributed by atoms with Gasteiger partial charge in [0.05, 0.1) is 16.7 Å². The molecular weight excluding hydrogens is 392 g/mol. The van der Waals surface area contributed by atoms with Crippen LogP contribution in [0.3, 0.4) is 0 Å². The molecule has 1 aliphatic heterocycles. The monoisotopic (exact) mass is 410 g/mol. The zero-order chi connectivity index (χ0) is 21.0. The normalized spacial score (nSPS) is 15.0. The Labute approximate surface area is 164 Å². The second-order valence-electron chi connectivity index (χ2n) is 6.61. The van der Waals surface area contributed by atoms with Gasteiger partial charge in [0.2, 0.25) is 0 Å². The average Bonchev–Trinajstić information content (AvgIpc) is 2.69. The van der Waals surface area contributed by atoms with E-state index < -0.39 is 28.2 Å². The van der Waals surface area contributed by atoms with Gasteiger partial charge in [-0.15, -0.1) is 0 Å². The van der Waals surface area contributed by atoms with Crippen molar-refractivity contribution in [1.29, 1.82) is 0 Å². The molecule has 154 valence electrons. The maximum atomic E-state index is 14.3. The van der Waals surface area contributed by atoms with Crippen LogP contribution in [0.15, 0.2) is 41.5 Å². The molecule has 0 bridgehead atoms. The molecule has 1 heterocycles. The summed E-state index contributed by atoms with van der Waals surface area (Å²) < 4.78 is 52.5. The molecule has 0 saturated carbocycles. The molecule has 2 aromatic carbocycles. The van der Waals surface area contributed by atoms with Crippen LogP contribution < -0.4 is 10.3 Å². The third-order valence-corrected chi connectivity index (χ3v) is 4.62. The molecule has 0 radical (unpaired) electrons. The van der Waals surface area contributed by atoms with E-state index in [0.29, 0.717) is 12.1 Å². The number of hydrogen-bond acceptors (Lipinski definition) is 5. The number of nitrogens with one attached hydrogen (secondary N) is 1. The fraction of sp³-hybridized carbons (Fsp3) is 0.316. The minimum atomic E-state index is -4.70. The summed E-state index contributed by atoms with van der Waals surface area (Å²) in [5.41, 5.74) is 1.07. The standard InChI is InChI=1S/C19H18F4N4O2/c20-16-11-15(26-8-2-1-3-9-26)6-4-13(16)12-24-25-17-7-5-14(19(21,22)23)10-18(17)27(28)29/h4-7,10-12,25H,1-3,8-9H2/b24-12-. The SMILES string of the molecule is O=[N+]([O-])c1cc(C(F)(F)F)ccc1N/N=C\c1ccc(N2CCCCC2)cc1F. The molecule has 1 saturated heterocycles. The minimum Gasteiger partial charge on any atom is -0.371 e. The van der Waals surface area contributed by atoms with Crippen LogP contribution in [-0.4, -0.2) is 24.2 Å². The van der Waals surface area contributed by atoms with Crippen molar-refractivity contribution in [3.63, 3.8) is 0 Å². The summed E-state index contributed by atoms with van der Waals surface area (Å²) in [5, 5.41) is 14.8. The molecule has 0 aromatic heterocycles. The third kappa shape index (κ3) is 5.01. The van der Waals surface area contributed by atoms with Crippen LogP contribution in [0.2, 0.25) is 0 Å². The second kappa shape index (κ2) is 8.46. The number of nitrogens with zero attached hydrogens (tertiary/aromatic N) is 3. The molecule has 1 aliphatic rings. The highest BCUT2D eigenvalue weighted by Gasteiger charge is 2.33. The lowest BCUT2D eigenvalue weighted by Gasteiger charge is -2.28. The van der Waals surface area contributed by atoms with E-state index in [-0.39, 0.29) is 11.3 Å². The van der Waals surface area contributed by atoms with Gasteiger partial charge in [-0.2, -0.15) is 18.3 Å². The fourth-order valence-electron chi connectivity index (χ4n) is 3.09. The van der Waals surface area contributed by atoms with E-state index in [9.17, 15) is 27.7 Å². The molecule has 0 amide bonds. The first-order valence-electron chi connectivity index (χ1n) is 8.95. The van der Waals surface area contributed by atoms with E-state index in [4.69, 9.17) is 0 Å². The van der Waals surface area contributed by atoms with Gasteiger partial charge in [-0.05, 0) is 49.6 Å². The molecule has 1 fully saturated rings. The van der Waals surface area contributed by atoms with Gasteiger partial charge in [0, 0.05) is 30.4 Å². The summed E-state index contributed by atoms with van der Waals surface area (Å²) >= 11 is 0. The predicted molar refractivity (Wildman–Crippen MR) is 102 cm³/mol. The molecule has 0 unspecified atom stereocenters. The third-order valence-electron chi connectivity index (χ3n) is 4.62.